The minimum atomic E-state index is -0.553. The molecule has 0 aliphatic carbocycles. The molecule has 2 heterocycles. The van der Waals surface area contributed by atoms with E-state index >= 15 is 0 Å². The molecule has 3 N–H and O–H groups in total. The van der Waals surface area contributed by atoms with Gasteiger partial charge in [-0.2, -0.15) is 0 Å². The zero-order valence-corrected chi connectivity index (χ0v) is 15.7. The SMILES string of the molecule is CC(C)Oc1cc(C(=N)c2cc(N3CCOC[C@H]3C)ncn2)c(N)cc1F. The average Bonchev–Trinajstić information content (AvgIpc) is 2.63. The van der Waals surface area contributed by atoms with E-state index in [1.165, 1.54) is 18.5 Å². The van der Waals surface area contributed by atoms with Crippen molar-refractivity contribution in [3.63, 3.8) is 0 Å². The topological polar surface area (TPSA) is 97.3 Å². The fourth-order valence-electron chi connectivity index (χ4n) is 2.98. The Morgan fingerprint density at radius 1 is 1.37 bits per heavy atom. The van der Waals surface area contributed by atoms with Gasteiger partial charge in [-0.05, 0) is 26.8 Å². The van der Waals surface area contributed by atoms with Gasteiger partial charge in [0.15, 0.2) is 11.6 Å². The number of hydrogen-bond acceptors (Lipinski definition) is 7. The Labute approximate surface area is 157 Å². The van der Waals surface area contributed by atoms with E-state index in [4.69, 9.17) is 20.6 Å². The molecule has 1 aromatic heterocycles. The summed E-state index contributed by atoms with van der Waals surface area (Å²) in [4.78, 5) is 10.7. The lowest BCUT2D eigenvalue weighted by molar-refractivity contribution is 0.0985. The van der Waals surface area contributed by atoms with Crippen molar-refractivity contribution in [1.82, 2.24) is 9.97 Å². The maximum atomic E-state index is 14.1. The van der Waals surface area contributed by atoms with Crippen LogP contribution in [-0.2, 0) is 4.74 Å². The van der Waals surface area contributed by atoms with Crippen molar-refractivity contribution in [1.29, 1.82) is 5.41 Å². The lowest BCUT2D eigenvalue weighted by Crippen LogP contribution is -2.44. The molecular weight excluding hydrogens is 349 g/mol. The number of aromatic nitrogens is 2. The molecule has 0 spiro atoms. The highest BCUT2D eigenvalue weighted by Gasteiger charge is 2.22. The van der Waals surface area contributed by atoms with Gasteiger partial charge in [0.25, 0.3) is 0 Å². The van der Waals surface area contributed by atoms with Gasteiger partial charge in [-0.15, -0.1) is 0 Å². The van der Waals surface area contributed by atoms with Crippen LogP contribution in [0.25, 0.3) is 0 Å². The van der Waals surface area contributed by atoms with Gasteiger partial charge in [0.05, 0.1) is 36.8 Å². The molecule has 0 unspecified atom stereocenters. The first-order valence-electron chi connectivity index (χ1n) is 8.88. The van der Waals surface area contributed by atoms with Crippen LogP contribution in [-0.4, -0.2) is 47.6 Å². The molecule has 1 fully saturated rings. The van der Waals surface area contributed by atoms with E-state index in [0.29, 0.717) is 24.5 Å². The number of hydrogen-bond donors (Lipinski definition) is 2. The number of ether oxygens (including phenoxy) is 2. The van der Waals surface area contributed by atoms with Gasteiger partial charge >= 0.3 is 0 Å². The largest absolute Gasteiger partial charge is 0.488 e. The van der Waals surface area contributed by atoms with E-state index in [0.717, 1.165) is 12.4 Å². The van der Waals surface area contributed by atoms with Gasteiger partial charge < -0.3 is 20.1 Å². The van der Waals surface area contributed by atoms with Gasteiger partial charge in [-0.25, -0.2) is 14.4 Å². The fraction of sp³-hybridized carbons (Fsp3) is 0.421. The number of halogens is 1. The number of morpholine rings is 1. The highest BCUT2D eigenvalue weighted by atomic mass is 19.1. The Hall–Kier alpha value is -2.74. The summed E-state index contributed by atoms with van der Waals surface area (Å²) in [5.41, 5.74) is 6.98. The highest BCUT2D eigenvalue weighted by Crippen LogP contribution is 2.27. The highest BCUT2D eigenvalue weighted by molar-refractivity contribution is 6.13. The molecule has 1 aromatic carbocycles. The Kier molecular flexibility index (Phi) is 5.55. The van der Waals surface area contributed by atoms with Gasteiger partial charge in [0.2, 0.25) is 0 Å². The standard InChI is InChI=1S/C19H24FN5O2/c1-11(2)27-17-6-13(15(21)7-14(17)20)19(22)16-8-18(24-10-23-16)25-4-5-26-9-12(25)3/h6-8,10-12,22H,4-5,9,21H2,1-3H3/t12-/m1/s1. The zero-order valence-electron chi connectivity index (χ0n) is 15.7. The third-order valence-corrected chi connectivity index (χ3v) is 4.31. The van der Waals surface area contributed by atoms with Crippen LogP contribution in [0.4, 0.5) is 15.9 Å². The van der Waals surface area contributed by atoms with Crippen molar-refractivity contribution in [2.45, 2.75) is 32.9 Å². The Balaban J connectivity index is 1.93. The number of benzene rings is 1. The summed E-state index contributed by atoms with van der Waals surface area (Å²) in [7, 11) is 0. The average molecular weight is 373 g/mol. The van der Waals surface area contributed by atoms with Crippen LogP contribution in [0.15, 0.2) is 24.5 Å². The number of anilines is 2. The second-order valence-electron chi connectivity index (χ2n) is 6.79. The van der Waals surface area contributed by atoms with Crippen molar-refractivity contribution in [3.05, 3.63) is 41.6 Å². The van der Waals surface area contributed by atoms with Gasteiger partial charge in [-0.1, -0.05) is 0 Å². The third-order valence-electron chi connectivity index (χ3n) is 4.31. The van der Waals surface area contributed by atoms with Crippen LogP contribution in [0.5, 0.6) is 5.75 Å². The summed E-state index contributed by atoms with van der Waals surface area (Å²) in [6.07, 6.45) is 1.23. The monoisotopic (exact) mass is 373 g/mol. The summed E-state index contributed by atoms with van der Waals surface area (Å²) < 4.78 is 25.0. The lowest BCUT2D eigenvalue weighted by atomic mass is 10.0. The molecule has 0 saturated carbocycles. The molecule has 8 heteroatoms. The predicted octanol–water partition coefficient (Wildman–Crippen LogP) is 2.63. The van der Waals surface area contributed by atoms with E-state index < -0.39 is 5.82 Å². The number of nitrogen functional groups attached to an aromatic ring is 1. The van der Waals surface area contributed by atoms with Crippen molar-refractivity contribution < 1.29 is 13.9 Å². The molecular formula is C19H24FN5O2. The summed E-state index contributed by atoms with van der Waals surface area (Å²) in [5.74, 6) is 0.234. The van der Waals surface area contributed by atoms with Crippen LogP contribution < -0.4 is 15.4 Å². The first-order valence-corrected chi connectivity index (χ1v) is 8.88. The molecule has 3 rings (SSSR count). The van der Waals surface area contributed by atoms with E-state index in [9.17, 15) is 4.39 Å². The number of nitrogens with two attached hydrogens (primary N) is 1. The van der Waals surface area contributed by atoms with Gasteiger partial charge in [0.1, 0.15) is 12.1 Å². The summed E-state index contributed by atoms with van der Waals surface area (Å²) >= 11 is 0. The number of nitrogens with one attached hydrogen (secondary N) is 1. The molecule has 144 valence electrons. The van der Waals surface area contributed by atoms with E-state index in [-0.39, 0.29) is 29.3 Å². The quantitative estimate of drug-likeness (QED) is 0.618. The summed E-state index contributed by atoms with van der Waals surface area (Å²) in [6, 6.07) is 4.55. The molecule has 1 aliphatic heterocycles. The Morgan fingerprint density at radius 2 is 2.15 bits per heavy atom. The Bertz CT molecular complexity index is 843. The normalized spacial score (nSPS) is 17.2. The van der Waals surface area contributed by atoms with Crippen LogP contribution in [0.3, 0.4) is 0 Å². The number of rotatable bonds is 5. The molecule has 2 aromatic rings. The molecule has 1 saturated heterocycles. The van der Waals surface area contributed by atoms with Crippen molar-refractivity contribution in [3.8, 4) is 5.75 Å². The van der Waals surface area contributed by atoms with E-state index in [1.54, 1.807) is 19.9 Å². The second-order valence-corrected chi connectivity index (χ2v) is 6.79. The smallest absolute Gasteiger partial charge is 0.167 e. The van der Waals surface area contributed by atoms with Crippen molar-refractivity contribution >= 4 is 17.2 Å². The maximum absolute atomic E-state index is 14.1. The molecule has 1 atom stereocenters. The molecule has 1 aliphatic rings. The van der Waals surface area contributed by atoms with Crippen molar-refractivity contribution in [2.24, 2.45) is 0 Å². The van der Waals surface area contributed by atoms with Crippen molar-refractivity contribution in [2.75, 3.05) is 30.4 Å². The van der Waals surface area contributed by atoms with Crippen LogP contribution in [0.1, 0.15) is 32.0 Å². The zero-order chi connectivity index (χ0) is 19.6. The molecule has 7 nitrogen and oxygen atoms in total. The van der Waals surface area contributed by atoms with Gasteiger partial charge in [0, 0.05) is 29.9 Å². The minimum Gasteiger partial charge on any atom is -0.488 e. The van der Waals surface area contributed by atoms with Crippen LogP contribution >= 0.6 is 0 Å². The lowest BCUT2D eigenvalue weighted by Gasteiger charge is -2.34. The fourth-order valence-corrected chi connectivity index (χ4v) is 2.98. The molecule has 0 bridgehead atoms. The first kappa shape index (κ1) is 19.0. The van der Waals surface area contributed by atoms with E-state index in [2.05, 4.69) is 21.8 Å². The van der Waals surface area contributed by atoms with E-state index in [1.807, 2.05) is 0 Å². The number of nitrogens with zero attached hydrogens (tertiary/aromatic N) is 3. The van der Waals surface area contributed by atoms with Crippen LogP contribution in [0.2, 0.25) is 0 Å². The summed E-state index contributed by atoms with van der Waals surface area (Å²) in [6.45, 7) is 7.64. The predicted molar refractivity (Wildman–Crippen MR) is 102 cm³/mol. The molecule has 0 amide bonds. The molecule has 27 heavy (non-hydrogen) atoms. The Morgan fingerprint density at radius 3 is 2.85 bits per heavy atom. The maximum Gasteiger partial charge on any atom is 0.167 e. The third kappa shape index (κ3) is 4.16. The van der Waals surface area contributed by atoms with Crippen LogP contribution in [0, 0.1) is 11.2 Å². The second kappa shape index (κ2) is 7.87. The summed E-state index contributed by atoms with van der Waals surface area (Å²) in [5, 5.41) is 8.53. The molecule has 0 radical (unpaired) electrons. The first-order chi connectivity index (χ1) is 12.9. The van der Waals surface area contributed by atoms with Gasteiger partial charge in [-0.3, -0.25) is 5.41 Å². The minimum absolute atomic E-state index is 0.0648.